The number of thiophene rings is 1. The highest BCUT2D eigenvalue weighted by atomic mass is 32.1. The number of nitrogens with one attached hydrogen (secondary N) is 1. The minimum absolute atomic E-state index is 0.264. The number of nitrogens with zero attached hydrogens (tertiary/aromatic N) is 1. The molecule has 1 amide bonds. The monoisotopic (exact) mass is 274 g/mol. The van der Waals surface area contributed by atoms with Gasteiger partial charge in [-0.2, -0.15) is 0 Å². The van der Waals surface area contributed by atoms with Gasteiger partial charge in [0.2, 0.25) is 5.91 Å². The number of benzene rings is 1. The van der Waals surface area contributed by atoms with E-state index in [1.807, 2.05) is 23.3 Å². The molecule has 2 aromatic rings. The molecule has 1 aliphatic heterocycles. The van der Waals surface area contributed by atoms with Crippen molar-refractivity contribution in [1.29, 1.82) is 0 Å². The first kappa shape index (κ1) is 12.6. The Kier molecular flexibility index (Phi) is 3.53. The Morgan fingerprint density at radius 3 is 3.05 bits per heavy atom. The highest BCUT2D eigenvalue weighted by Gasteiger charge is 2.22. The number of fused-ring (bicyclic) bond motifs is 1. The molecule has 19 heavy (non-hydrogen) atoms. The number of likely N-dealkylation sites (tertiary alicyclic amines) is 1. The first-order chi connectivity index (χ1) is 9.22. The van der Waals surface area contributed by atoms with E-state index in [0.717, 1.165) is 19.5 Å². The lowest BCUT2D eigenvalue weighted by molar-refractivity contribution is -0.132. The fourth-order valence-electron chi connectivity index (χ4n) is 2.55. The molecule has 1 N–H and O–H groups in total. The van der Waals surface area contributed by atoms with Crippen LogP contribution in [0, 0.1) is 0 Å². The number of rotatable bonds is 3. The van der Waals surface area contributed by atoms with E-state index in [1.165, 1.54) is 15.0 Å². The Balaban J connectivity index is 1.61. The van der Waals surface area contributed by atoms with E-state index < -0.39 is 0 Å². The van der Waals surface area contributed by atoms with Crippen molar-refractivity contribution in [2.45, 2.75) is 25.4 Å². The molecule has 1 aliphatic rings. The third-order valence-corrected chi connectivity index (χ3v) is 4.78. The lowest BCUT2D eigenvalue weighted by Gasteiger charge is -2.30. The van der Waals surface area contributed by atoms with Gasteiger partial charge >= 0.3 is 0 Å². The molecule has 1 aromatic carbocycles. The van der Waals surface area contributed by atoms with Crippen molar-refractivity contribution in [3.8, 4) is 0 Å². The van der Waals surface area contributed by atoms with Crippen LogP contribution in [-0.2, 0) is 11.3 Å². The van der Waals surface area contributed by atoms with Crippen LogP contribution >= 0.6 is 11.3 Å². The van der Waals surface area contributed by atoms with Gasteiger partial charge in [-0.3, -0.25) is 4.79 Å². The molecule has 3 nitrogen and oxygen atoms in total. The maximum absolute atomic E-state index is 11.4. The number of hydrogen-bond donors (Lipinski definition) is 1. The van der Waals surface area contributed by atoms with E-state index in [1.54, 1.807) is 0 Å². The smallest absolute Gasteiger partial charge is 0.222 e. The summed E-state index contributed by atoms with van der Waals surface area (Å²) < 4.78 is 1.34. The molecule has 0 saturated carbocycles. The molecule has 0 aliphatic carbocycles. The summed E-state index contributed by atoms with van der Waals surface area (Å²) >= 11 is 1.84. The van der Waals surface area contributed by atoms with E-state index in [2.05, 4.69) is 35.6 Å². The van der Waals surface area contributed by atoms with Gasteiger partial charge in [-0.05, 0) is 23.9 Å². The van der Waals surface area contributed by atoms with E-state index in [9.17, 15) is 4.79 Å². The van der Waals surface area contributed by atoms with E-state index in [4.69, 9.17) is 0 Å². The van der Waals surface area contributed by atoms with Crippen molar-refractivity contribution >= 4 is 27.3 Å². The first-order valence-electron chi connectivity index (χ1n) is 6.67. The van der Waals surface area contributed by atoms with Gasteiger partial charge in [0, 0.05) is 42.2 Å². The average molecular weight is 274 g/mol. The summed E-state index contributed by atoms with van der Waals surface area (Å²) in [6.45, 7) is 1.72. The number of carbonyl (C=O) groups is 1. The van der Waals surface area contributed by atoms with Crippen LogP contribution in [0.3, 0.4) is 0 Å². The molecule has 3 rings (SSSR count). The molecule has 0 bridgehead atoms. The van der Waals surface area contributed by atoms with Crippen molar-refractivity contribution in [2.75, 3.05) is 13.6 Å². The Morgan fingerprint density at radius 2 is 2.26 bits per heavy atom. The molecule has 4 heteroatoms. The van der Waals surface area contributed by atoms with E-state index in [-0.39, 0.29) is 5.91 Å². The topological polar surface area (TPSA) is 32.3 Å². The summed E-state index contributed by atoms with van der Waals surface area (Å²) in [6.07, 6.45) is 1.62. The summed E-state index contributed by atoms with van der Waals surface area (Å²) in [5.74, 6) is 0.264. The van der Waals surface area contributed by atoms with Crippen LogP contribution in [-0.4, -0.2) is 30.4 Å². The average Bonchev–Trinajstić information content (AvgIpc) is 2.83. The fraction of sp³-hybridized carbons (Fsp3) is 0.400. The fourth-order valence-corrected chi connectivity index (χ4v) is 3.56. The molecule has 1 aromatic heterocycles. The predicted octanol–water partition coefficient (Wildman–Crippen LogP) is 2.61. The SMILES string of the molecule is CN1CC(NCc2cc3ccccc3s2)CCC1=O. The number of piperidine rings is 1. The van der Waals surface area contributed by atoms with Crippen LogP contribution < -0.4 is 5.32 Å². The minimum Gasteiger partial charge on any atom is -0.344 e. The van der Waals surface area contributed by atoms with Crippen LogP contribution in [0.25, 0.3) is 10.1 Å². The maximum atomic E-state index is 11.4. The zero-order valence-corrected chi connectivity index (χ0v) is 11.9. The predicted molar refractivity (Wildman–Crippen MR) is 79.3 cm³/mol. The second kappa shape index (κ2) is 5.31. The van der Waals surface area contributed by atoms with Crippen molar-refractivity contribution in [3.05, 3.63) is 35.2 Å². The van der Waals surface area contributed by atoms with Gasteiger partial charge in [-0.25, -0.2) is 0 Å². The zero-order valence-electron chi connectivity index (χ0n) is 11.1. The van der Waals surface area contributed by atoms with Crippen LogP contribution in [0.5, 0.6) is 0 Å². The molecule has 0 spiro atoms. The second-order valence-corrected chi connectivity index (χ2v) is 6.31. The molecule has 100 valence electrons. The number of hydrogen-bond acceptors (Lipinski definition) is 3. The van der Waals surface area contributed by atoms with Gasteiger partial charge in [0.05, 0.1) is 0 Å². The molecule has 1 saturated heterocycles. The zero-order chi connectivity index (χ0) is 13.2. The molecular weight excluding hydrogens is 256 g/mol. The molecule has 1 unspecified atom stereocenters. The van der Waals surface area contributed by atoms with E-state index >= 15 is 0 Å². The van der Waals surface area contributed by atoms with Gasteiger partial charge in [0.1, 0.15) is 0 Å². The normalized spacial score (nSPS) is 20.2. The molecular formula is C15H18N2OS. The van der Waals surface area contributed by atoms with Crippen LogP contribution in [0.15, 0.2) is 30.3 Å². The van der Waals surface area contributed by atoms with Crippen molar-refractivity contribution in [1.82, 2.24) is 10.2 Å². The number of carbonyl (C=O) groups excluding carboxylic acids is 1. The Hall–Kier alpha value is -1.39. The lowest BCUT2D eigenvalue weighted by Crippen LogP contribution is -2.46. The van der Waals surface area contributed by atoms with Crippen molar-refractivity contribution < 1.29 is 4.79 Å². The molecule has 1 fully saturated rings. The molecule has 0 radical (unpaired) electrons. The van der Waals surface area contributed by atoms with Crippen LogP contribution in [0.1, 0.15) is 17.7 Å². The largest absolute Gasteiger partial charge is 0.344 e. The van der Waals surface area contributed by atoms with Crippen LogP contribution in [0.2, 0.25) is 0 Å². The highest BCUT2D eigenvalue weighted by molar-refractivity contribution is 7.19. The van der Waals surface area contributed by atoms with Gasteiger partial charge in [0.15, 0.2) is 0 Å². The summed E-state index contributed by atoms with van der Waals surface area (Å²) in [5.41, 5.74) is 0. The Labute approximate surface area is 117 Å². The summed E-state index contributed by atoms with van der Waals surface area (Å²) in [5, 5.41) is 4.89. The third kappa shape index (κ3) is 2.80. The highest BCUT2D eigenvalue weighted by Crippen LogP contribution is 2.25. The lowest BCUT2D eigenvalue weighted by atomic mass is 10.1. The minimum atomic E-state index is 0.264. The molecule has 2 heterocycles. The van der Waals surface area contributed by atoms with Gasteiger partial charge in [0.25, 0.3) is 0 Å². The summed E-state index contributed by atoms with van der Waals surface area (Å²) in [6, 6.07) is 11.2. The van der Waals surface area contributed by atoms with Crippen molar-refractivity contribution in [2.24, 2.45) is 0 Å². The Morgan fingerprint density at radius 1 is 1.42 bits per heavy atom. The van der Waals surface area contributed by atoms with Crippen LogP contribution in [0.4, 0.5) is 0 Å². The maximum Gasteiger partial charge on any atom is 0.222 e. The van der Waals surface area contributed by atoms with Gasteiger partial charge in [-0.1, -0.05) is 18.2 Å². The van der Waals surface area contributed by atoms with Gasteiger partial charge < -0.3 is 10.2 Å². The van der Waals surface area contributed by atoms with Gasteiger partial charge in [-0.15, -0.1) is 11.3 Å². The molecule has 1 atom stereocenters. The Bertz CT molecular complexity index is 560. The second-order valence-electron chi connectivity index (χ2n) is 5.14. The van der Waals surface area contributed by atoms with E-state index in [0.29, 0.717) is 12.5 Å². The summed E-state index contributed by atoms with van der Waals surface area (Å²) in [7, 11) is 1.88. The first-order valence-corrected chi connectivity index (χ1v) is 7.49. The number of amides is 1. The standard InChI is InChI=1S/C15H18N2OS/c1-17-10-12(6-7-15(17)18)16-9-13-8-11-4-2-3-5-14(11)19-13/h2-5,8,12,16H,6-7,9-10H2,1H3. The quantitative estimate of drug-likeness (QED) is 0.933. The third-order valence-electron chi connectivity index (χ3n) is 3.67. The summed E-state index contributed by atoms with van der Waals surface area (Å²) in [4.78, 5) is 14.6. The van der Waals surface area contributed by atoms with Crippen molar-refractivity contribution in [3.63, 3.8) is 0 Å². The number of likely N-dealkylation sites (N-methyl/N-ethyl adjacent to an activating group) is 1.